The van der Waals surface area contributed by atoms with E-state index in [0.717, 1.165) is 0 Å². The van der Waals surface area contributed by atoms with Crippen molar-refractivity contribution in [1.29, 1.82) is 0 Å². The molecule has 0 bridgehead atoms. The van der Waals surface area contributed by atoms with Gasteiger partial charge in [-0.25, -0.2) is 0 Å². The Morgan fingerprint density at radius 2 is 2.21 bits per heavy atom. The van der Waals surface area contributed by atoms with Gasteiger partial charge in [-0.3, -0.25) is 0 Å². The standard InChI is InChI=1S/C9H16ClNO3/c1-8(4-5-9(10)11-2)14-13-7-3-6-12/h4-5,11-12H,3,6-7H2,1-2H3/b8-4+,9-5-. The Kier molecular flexibility index (Phi) is 8.42. The van der Waals surface area contributed by atoms with E-state index in [-0.39, 0.29) is 6.61 Å². The fraction of sp³-hybridized carbons (Fsp3) is 0.556. The quantitative estimate of drug-likeness (QED) is 0.171. The highest BCUT2D eigenvalue weighted by Crippen LogP contribution is 2.01. The van der Waals surface area contributed by atoms with Crippen molar-refractivity contribution in [3.8, 4) is 0 Å². The number of allylic oxidation sites excluding steroid dienone is 3. The minimum absolute atomic E-state index is 0.0948. The summed E-state index contributed by atoms with van der Waals surface area (Å²) >= 11 is 5.67. The molecule has 2 N–H and O–H groups in total. The second-order valence-electron chi connectivity index (χ2n) is 2.52. The molecule has 0 atom stereocenters. The molecule has 0 saturated heterocycles. The predicted octanol–water partition coefficient (Wildman–Crippen LogP) is 1.52. The zero-order valence-corrected chi connectivity index (χ0v) is 9.17. The van der Waals surface area contributed by atoms with E-state index < -0.39 is 0 Å². The Balaban J connectivity index is 3.67. The number of hydrogen-bond donors (Lipinski definition) is 2. The van der Waals surface area contributed by atoms with Crippen LogP contribution in [0.15, 0.2) is 23.1 Å². The first kappa shape index (κ1) is 13.3. The normalized spacial score (nSPS) is 12.9. The number of aliphatic hydroxyl groups is 1. The number of nitrogens with one attached hydrogen (secondary N) is 1. The smallest absolute Gasteiger partial charge is 0.139 e. The number of halogens is 1. The molecule has 0 aliphatic carbocycles. The summed E-state index contributed by atoms with van der Waals surface area (Å²) in [7, 11) is 1.72. The molecule has 0 spiro atoms. The van der Waals surface area contributed by atoms with Crippen molar-refractivity contribution in [2.45, 2.75) is 13.3 Å². The van der Waals surface area contributed by atoms with Crippen LogP contribution in [0, 0.1) is 0 Å². The summed E-state index contributed by atoms with van der Waals surface area (Å²) in [6.07, 6.45) is 3.89. The summed E-state index contributed by atoms with van der Waals surface area (Å²) in [6.45, 7) is 2.21. The van der Waals surface area contributed by atoms with Gasteiger partial charge < -0.3 is 15.3 Å². The lowest BCUT2D eigenvalue weighted by atomic mass is 10.4. The van der Waals surface area contributed by atoms with Crippen LogP contribution in [-0.4, -0.2) is 25.4 Å². The molecule has 0 amide bonds. The molecule has 0 fully saturated rings. The second-order valence-corrected chi connectivity index (χ2v) is 2.93. The van der Waals surface area contributed by atoms with Gasteiger partial charge in [0.15, 0.2) is 0 Å². The van der Waals surface area contributed by atoms with Crippen LogP contribution in [0.5, 0.6) is 0 Å². The van der Waals surface area contributed by atoms with Gasteiger partial charge in [-0.2, -0.15) is 4.89 Å². The molecule has 0 aliphatic heterocycles. The molecule has 0 aromatic rings. The molecular formula is C9H16ClNO3. The largest absolute Gasteiger partial charge is 0.396 e. The van der Waals surface area contributed by atoms with Gasteiger partial charge in [0.2, 0.25) is 0 Å². The van der Waals surface area contributed by atoms with Gasteiger partial charge in [0.25, 0.3) is 0 Å². The molecule has 0 aliphatic rings. The Morgan fingerprint density at radius 1 is 1.50 bits per heavy atom. The van der Waals surface area contributed by atoms with Crippen LogP contribution in [-0.2, 0) is 9.78 Å². The molecule has 0 aromatic heterocycles. The molecular weight excluding hydrogens is 206 g/mol. The summed E-state index contributed by atoms with van der Waals surface area (Å²) in [5.74, 6) is 0.594. The lowest BCUT2D eigenvalue weighted by Crippen LogP contribution is -1.99. The van der Waals surface area contributed by atoms with Gasteiger partial charge in [0, 0.05) is 13.7 Å². The highest BCUT2D eigenvalue weighted by atomic mass is 35.5. The lowest BCUT2D eigenvalue weighted by molar-refractivity contribution is -0.262. The van der Waals surface area contributed by atoms with Gasteiger partial charge >= 0.3 is 0 Å². The van der Waals surface area contributed by atoms with Gasteiger partial charge in [-0.1, -0.05) is 11.6 Å². The van der Waals surface area contributed by atoms with Crippen LogP contribution >= 0.6 is 11.6 Å². The molecule has 0 radical (unpaired) electrons. The van der Waals surface area contributed by atoms with Crippen LogP contribution in [0.3, 0.4) is 0 Å². The van der Waals surface area contributed by atoms with Gasteiger partial charge in [-0.15, -0.1) is 0 Å². The minimum Gasteiger partial charge on any atom is -0.396 e. The van der Waals surface area contributed by atoms with E-state index in [1.807, 2.05) is 0 Å². The Hall–Kier alpha value is -0.710. The summed E-state index contributed by atoms with van der Waals surface area (Å²) in [4.78, 5) is 9.64. The molecule has 0 heterocycles. The van der Waals surface area contributed by atoms with E-state index in [1.165, 1.54) is 0 Å². The van der Waals surface area contributed by atoms with Crippen molar-refractivity contribution in [3.05, 3.63) is 23.1 Å². The average molecular weight is 222 g/mol. The van der Waals surface area contributed by atoms with Crippen molar-refractivity contribution in [3.63, 3.8) is 0 Å². The van der Waals surface area contributed by atoms with E-state index in [4.69, 9.17) is 26.5 Å². The number of rotatable bonds is 7. The summed E-state index contributed by atoms with van der Waals surface area (Å²) < 4.78 is 0. The van der Waals surface area contributed by atoms with E-state index in [9.17, 15) is 0 Å². The molecule has 0 saturated carbocycles. The fourth-order valence-corrected chi connectivity index (χ4v) is 0.623. The van der Waals surface area contributed by atoms with Crippen LogP contribution in [0.1, 0.15) is 13.3 Å². The third-order valence-electron chi connectivity index (χ3n) is 1.28. The topological polar surface area (TPSA) is 50.7 Å². The first-order chi connectivity index (χ1) is 6.70. The van der Waals surface area contributed by atoms with Gasteiger partial charge in [-0.05, 0) is 25.5 Å². The van der Waals surface area contributed by atoms with E-state index in [2.05, 4.69) is 5.32 Å². The zero-order chi connectivity index (χ0) is 10.8. The molecule has 0 aromatic carbocycles. The van der Waals surface area contributed by atoms with Crippen molar-refractivity contribution >= 4 is 11.6 Å². The van der Waals surface area contributed by atoms with E-state index in [0.29, 0.717) is 23.9 Å². The third-order valence-corrected chi connectivity index (χ3v) is 1.59. The maximum absolute atomic E-state index is 8.45. The van der Waals surface area contributed by atoms with Crippen molar-refractivity contribution < 1.29 is 14.9 Å². The summed E-state index contributed by atoms with van der Waals surface area (Å²) in [6, 6.07) is 0. The highest BCUT2D eigenvalue weighted by molar-refractivity contribution is 6.29. The first-order valence-electron chi connectivity index (χ1n) is 4.33. The molecule has 0 unspecified atom stereocenters. The molecule has 14 heavy (non-hydrogen) atoms. The molecule has 4 nitrogen and oxygen atoms in total. The van der Waals surface area contributed by atoms with E-state index >= 15 is 0 Å². The number of hydrogen-bond acceptors (Lipinski definition) is 4. The Bertz CT molecular complexity index is 204. The second kappa shape index (κ2) is 8.87. The SMILES string of the molecule is CN/C(Cl)=C\C=C(/C)OOCCCO. The van der Waals surface area contributed by atoms with Crippen LogP contribution in [0.25, 0.3) is 0 Å². The fourth-order valence-electron chi connectivity index (χ4n) is 0.560. The Morgan fingerprint density at radius 3 is 2.79 bits per heavy atom. The van der Waals surface area contributed by atoms with Crippen molar-refractivity contribution in [2.24, 2.45) is 0 Å². The lowest BCUT2D eigenvalue weighted by Gasteiger charge is -2.03. The van der Waals surface area contributed by atoms with Crippen LogP contribution < -0.4 is 5.32 Å². The molecule has 0 rings (SSSR count). The van der Waals surface area contributed by atoms with Crippen LogP contribution in [0.2, 0.25) is 0 Å². The predicted molar refractivity (Wildman–Crippen MR) is 55.5 cm³/mol. The molecule has 5 heteroatoms. The maximum Gasteiger partial charge on any atom is 0.139 e. The zero-order valence-electron chi connectivity index (χ0n) is 8.42. The average Bonchev–Trinajstić information content (AvgIpc) is 2.21. The minimum atomic E-state index is 0.0948. The summed E-state index contributed by atoms with van der Waals surface area (Å²) in [5.41, 5.74) is 0. The van der Waals surface area contributed by atoms with Crippen molar-refractivity contribution in [1.82, 2.24) is 5.32 Å². The number of aliphatic hydroxyl groups excluding tert-OH is 1. The Labute approximate surface area is 89.1 Å². The maximum atomic E-state index is 8.45. The van der Waals surface area contributed by atoms with Gasteiger partial charge in [0.05, 0.1) is 6.61 Å². The highest BCUT2D eigenvalue weighted by Gasteiger charge is 1.91. The van der Waals surface area contributed by atoms with Crippen LogP contribution in [0.4, 0.5) is 0 Å². The summed E-state index contributed by atoms with van der Waals surface area (Å²) in [5, 5.41) is 11.7. The monoisotopic (exact) mass is 221 g/mol. The first-order valence-corrected chi connectivity index (χ1v) is 4.70. The molecule has 82 valence electrons. The van der Waals surface area contributed by atoms with Crippen molar-refractivity contribution in [2.75, 3.05) is 20.3 Å². The van der Waals surface area contributed by atoms with E-state index in [1.54, 1.807) is 26.1 Å². The third kappa shape index (κ3) is 7.91. The van der Waals surface area contributed by atoms with Gasteiger partial charge in [0.1, 0.15) is 10.9 Å².